The van der Waals surface area contributed by atoms with E-state index in [0.29, 0.717) is 0 Å². The van der Waals surface area contributed by atoms with Gasteiger partial charge in [-0.15, -0.1) is 0 Å². The van der Waals surface area contributed by atoms with E-state index in [0.717, 1.165) is 12.0 Å². The molecule has 0 aromatic heterocycles. The Bertz CT molecular complexity index is 329. The van der Waals surface area contributed by atoms with E-state index in [2.05, 4.69) is 10.0 Å². The number of halogens is 1. The Hall–Kier alpha value is -1.54. The van der Waals surface area contributed by atoms with Crippen LogP contribution in [0.15, 0.2) is 23.3 Å². The van der Waals surface area contributed by atoms with Gasteiger partial charge in [0, 0.05) is 4.91 Å². The predicted octanol–water partition coefficient (Wildman–Crippen LogP) is 3.33. The normalized spacial score (nSPS) is 9.17. The Morgan fingerprint density at radius 2 is 2.33 bits per heavy atom. The highest BCUT2D eigenvalue weighted by Gasteiger charge is 1.99. The molecule has 0 bridgehead atoms. The van der Waals surface area contributed by atoms with Gasteiger partial charge in [-0.3, -0.25) is 0 Å². The molecule has 0 heterocycles. The zero-order valence-electron chi connectivity index (χ0n) is 6.66. The summed E-state index contributed by atoms with van der Waals surface area (Å²) in [6.07, 6.45) is 0.771. The number of hydrogen-bond acceptors (Lipinski definition) is 1. The number of benzene rings is 1. The number of nitrogens with zero attached hydrogens (tertiary/aromatic N) is 3. The summed E-state index contributed by atoms with van der Waals surface area (Å²) in [5.41, 5.74) is 9.01. The van der Waals surface area contributed by atoms with Crippen molar-refractivity contribution in [3.63, 3.8) is 0 Å². The molecular weight excluding hydrogens is 157 g/mol. The predicted molar refractivity (Wildman–Crippen MR) is 44.6 cm³/mol. The van der Waals surface area contributed by atoms with Gasteiger partial charge < -0.3 is 0 Å². The molecule has 0 saturated heterocycles. The molecule has 0 unspecified atom stereocenters. The standard InChI is InChI=1S/C8H8FN3/c1-2-6-3-4-8(11-12-10)7(9)5-6/h3-5H,2H2,1H3. The molecule has 0 fully saturated rings. The summed E-state index contributed by atoms with van der Waals surface area (Å²) in [5, 5.41) is 3.19. The van der Waals surface area contributed by atoms with E-state index < -0.39 is 5.82 Å². The van der Waals surface area contributed by atoms with Crippen LogP contribution in [-0.2, 0) is 6.42 Å². The second kappa shape index (κ2) is 3.74. The molecule has 1 aromatic carbocycles. The Morgan fingerprint density at radius 3 is 2.83 bits per heavy atom. The van der Waals surface area contributed by atoms with E-state index in [1.54, 1.807) is 6.07 Å². The maximum absolute atomic E-state index is 13.0. The van der Waals surface area contributed by atoms with Gasteiger partial charge in [-0.1, -0.05) is 18.1 Å². The molecule has 62 valence electrons. The van der Waals surface area contributed by atoms with Crippen LogP contribution in [0.1, 0.15) is 12.5 Å². The molecular formula is C8H8FN3. The van der Waals surface area contributed by atoms with Crippen molar-refractivity contribution in [2.24, 2.45) is 5.11 Å². The third kappa shape index (κ3) is 1.74. The smallest absolute Gasteiger partial charge is 0.133 e. The number of aryl methyl sites for hydroxylation is 1. The van der Waals surface area contributed by atoms with Crippen LogP contribution in [0.3, 0.4) is 0 Å². The van der Waals surface area contributed by atoms with Crippen LogP contribution in [0.2, 0.25) is 0 Å². The molecule has 0 saturated carbocycles. The van der Waals surface area contributed by atoms with E-state index in [9.17, 15) is 4.39 Å². The van der Waals surface area contributed by atoms with E-state index >= 15 is 0 Å². The summed E-state index contributed by atoms with van der Waals surface area (Å²) in [7, 11) is 0. The Labute approximate surface area is 69.5 Å². The zero-order valence-corrected chi connectivity index (χ0v) is 6.66. The molecule has 3 nitrogen and oxygen atoms in total. The largest absolute Gasteiger partial charge is 0.206 e. The lowest BCUT2D eigenvalue weighted by molar-refractivity contribution is 0.627. The second-order valence-electron chi connectivity index (χ2n) is 2.33. The summed E-state index contributed by atoms with van der Waals surface area (Å²) in [4.78, 5) is 2.51. The Morgan fingerprint density at radius 1 is 1.58 bits per heavy atom. The van der Waals surface area contributed by atoms with Gasteiger partial charge >= 0.3 is 0 Å². The quantitative estimate of drug-likeness (QED) is 0.366. The maximum Gasteiger partial charge on any atom is 0.133 e. The molecule has 0 N–H and O–H groups in total. The SMILES string of the molecule is CCc1ccc(N=[N+]=[N-])c(F)c1. The van der Waals surface area contributed by atoms with Crippen LogP contribution in [-0.4, -0.2) is 0 Å². The fourth-order valence-corrected chi connectivity index (χ4v) is 0.900. The average Bonchev–Trinajstić information content (AvgIpc) is 2.09. The summed E-state index contributed by atoms with van der Waals surface area (Å²) in [6.45, 7) is 1.93. The van der Waals surface area contributed by atoms with Gasteiger partial charge in [0.25, 0.3) is 0 Å². The van der Waals surface area contributed by atoms with Crippen LogP contribution < -0.4 is 0 Å². The summed E-state index contributed by atoms with van der Waals surface area (Å²) in [5.74, 6) is -0.466. The van der Waals surface area contributed by atoms with Gasteiger partial charge in [-0.25, -0.2) is 4.39 Å². The lowest BCUT2D eigenvalue weighted by Gasteiger charge is -1.98. The molecule has 0 atom stereocenters. The van der Waals surface area contributed by atoms with Gasteiger partial charge in [0.05, 0.1) is 5.69 Å². The van der Waals surface area contributed by atoms with Gasteiger partial charge in [0.2, 0.25) is 0 Å². The highest BCUT2D eigenvalue weighted by atomic mass is 19.1. The van der Waals surface area contributed by atoms with Crippen molar-refractivity contribution in [1.29, 1.82) is 0 Å². The molecule has 1 rings (SSSR count). The first kappa shape index (κ1) is 8.56. The second-order valence-corrected chi connectivity index (χ2v) is 2.33. The topological polar surface area (TPSA) is 48.8 Å². The third-order valence-corrected chi connectivity index (χ3v) is 1.57. The van der Waals surface area contributed by atoms with Gasteiger partial charge in [-0.05, 0) is 29.6 Å². The molecule has 1 aromatic rings. The van der Waals surface area contributed by atoms with Crippen molar-refractivity contribution >= 4 is 5.69 Å². The maximum atomic E-state index is 13.0. The molecule has 0 radical (unpaired) electrons. The van der Waals surface area contributed by atoms with E-state index in [4.69, 9.17) is 5.53 Å². The molecule has 0 aliphatic carbocycles. The van der Waals surface area contributed by atoms with Gasteiger partial charge in [-0.2, -0.15) is 0 Å². The van der Waals surface area contributed by atoms with Crippen LogP contribution in [0.25, 0.3) is 10.4 Å². The first-order valence-electron chi connectivity index (χ1n) is 3.61. The van der Waals surface area contributed by atoms with Crippen molar-refractivity contribution in [3.05, 3.63) is 40.0 Å². The van der Waals surface area contributed by atoms with Crippen LogP contribution in [0.5, 0.6) is 0 Å². The Balaban J connectivity index is 3.11. The summed E-state index contributed by atoms with van der Waals surface area (Å²) in [6, 6.07) is 4.60. The number of hydrogen-bond donors (Lipinski definition) is 0. The van der Waals surface area contributed by atoms with E-state index in [1.165, 1.54) is 12.1 Å². The van der Waals surface area contributed by atoms with Crippen molar-refractivity contribution in [1.82, 2.24) is 0 Å². The van der Waals surface area contributed by atoms with Gasteiger partial charge in [0.1, 0.15) is 5.82 Å². The van der Waals surface area contributed by atoms with Crippen molar-refractivity contribution in [2.45, 2.75) is 13.3 Å². The molecule has 4 heteroatoms. The monoisotopic (exact) mass is 165 g/mol. The van der Waals surface area contributed by atoms with Crippen molar-refractivity contribution in [2.75, 3.05) is 0 Å². The molecule has 0 spiro atoms. The van der Waals surface area contributed by atoms with E-state index in [1.807, 2.05) is 6.92 Å². The van der Waals surface area contributed by atoms with Crippen LogP contribution in [0.4, 0.5) is 10.1 Å². The van der Waals surface area contributed by atoms with Gasteiger partial charge in [0.15, 0.2) is 0 Å². The fourth-order valence-electron chi connectivity index (χ4n) is 0.900. The first-order valence-corrected chi connectivity index (χ1v) is 3.61. The average molecular weight is 165 g/mol. The highest BCUT2D eigenvalue weighted by molar-refractivity contribution is 5.40. The van der Waals surface area contributed by atoms with Crippen molar-refractivity contribution < 1.29 is 4.39 Å². The fraction of sp³-hybridized carbons (Fsp3) is 0.250. The molecule has 0 aliphatic rings. The van der Waals surface area contributed by atoms with Crippen LogP contribution >= 0.6 is 0 Å². The molecule has 0 amide bonds. The first-order chi connectivity index (χ1) is 5.77. The number of rotatable bonds is 2. The summed E-state index contributed by atoms with van der Waals surface area (Å²) >= 11 is 0. The highest BCUT2D eigenvalue weighted by Crippen LogP contribution is 2.18. The van der Waals surface area contributed by atoms with E-state index in [-0.39, 0.29) is 5.69 Å². The number of azide groups is 1. The minimum atomic E-state index is -0.466. The Kier molecular flexibility index (Phi) is 2.66. The summed E-state index contributed by atoms with van der Waals surface area (Å²) < 4.78 is 13.0. The minimum Gasteiger partial charge on any atom is -0.206 e. The lowest BCUT2D eigenvalue weighted by Crippen LogP contribution is -1.81. The molecule has 12 heavy (non-hydrogen) atoms. The third-order valence-electron chi connectivity index (χ3n) is 1.57. The zero-order chi connectivity index (χ0) is 8.97. The molecule has 0 aliphatic heterocycles. The van der Waals surface area contributed by atoms with Crippen molar-refractivity contribution in [3.8, 4) is 0 Å². The minimum absolute atomic E-state index is 0.0506. The lowest BCUT2D eigenvalue weighted by atomic mass is 10.1. The van der Waals surface area contributed by atoms with Crippen LogP contribution in [0, 0.1) is 5.82 Å².